The molecule has 3 rings (SSSR count). The van der Waals surface area contributed by atoms with E-state index in [1.54, 1.807) is 18.2 Å². The molecular weight excluding hydrogens is 415 g/mol. The maximum atomic E-state index is 12.9. The van der Waals surface area contributed by atoms with Gasteiger partial charge in [0.05, 0.1) is 16.9 Å². The molecule has 2 aromatic carbocycles. The third-order valence-corrected chi connectivity index (χ3v) is 4.53. The van der Waals surface area contributed by atoms with Crippen molar-refractivity contribution in [2.24, 2.45) is 5.10 Å². The predicted molar refractivity (Wildman–Crippen MR) is 110 cm³/mol. The van der Waals surface area contributed by atoms with Crippen LogP contribution < -0.4 is 16.6 Å². The number of carbonyl (C=O) groups excluding carboxylic acids is 1. The van der Waals surface area contributed by atoms with Crippen LogP contribution in [0.1, 0.15) is 5.56 Å². The van der Waals surface area contributed by atoms with Gasteiger partial charge in [0.2, 0.25) is 11.1 Å². The zero-order valence-electron chi connectivity index (χ0n) is 15.2. The molecule has 0 aliphatic heterocycles. The van der Waals surface area contributed by atoms with Crippen LogP contribution >= 0.6 is 11.8 Å². The monoisotopic (exact) mass is 430 g/mol. The Bertz CT molecular complexity index is 1090. The summed E-state index contributed by atoms with van der Waals surface area (Å²) in [4.78, 5) is 22.3. The lowest BCUT2D eigenvalue weighted by molar-refractivity contribution is -0.384. The number of nitro benzene ring substituents is 1. The minimum absolute atomic E-state index is 0.0448. The highest BCUT2D eigenvalue weighted by molar-refractivity contribution is 7.99. The first-order valence-electron chi connectivity index (χ1n) is 8.34. The van der Waals surface area contributed by atoms with E-state index in [0.29, 0.717) is 11.3 Å². The number of carbonyl (C=O) groups is 1. The molecule has 0 bridgehead atoms. The maximum absolute atomic E-state index is 12.9. The Kier molecular flexibility index (Phi) is 6.54. The van der Waals surface area contributed by atoms with Gasteiger partial charge in [0.15, 0.2) is 0 Å². The lowest BCUT2D eigenvalue weighted by Gasteiger charge is -2.05. The molecule has 0 spiro atoms. The first-order valence-corrected chi connectivity index (χ1v) is 9.33. The number of hydrogen-bond acceptors (Lipinski definition) is 9. The summed E-state index contributed by atoms with van der Waals surface area (Å²) in [5.41, 5.74) is 3.45. The summed E-state index contributed by atoms with van der Waals surface area (Å²) in [6.45, 7) is 0. The Balaban J connectivity index is 1.53. The van der Waals surface area contributed by atoms with E-state index in [9.17, 15) is 19.3 Å². The highest BCUT2D eigenvalue weighted by Crippen LogP contribution is 2.19. The van der Waals surface area contributed by atoms with Crippen molar-refractivity contribution in [3.63, 3.8) is 0 Å². The number of nitrogens with zero attached hydrogens (tertiary/aromatic N) is 5. The van der Waals surface area contributed by atoms with Crippen molar-refractivity contribution in [2.75, 3.05) is 22.3 Å². The molecule has 0 radical (unpaired) electrons. The molecule has 13 heteroatoms. The minimum Gasteiger partial charge on any atom is -0.334 e. The third kappa shape index (κ3) is 5.51. The molecule has 154 valence electrons. The molecule has 1 aromatic heterocycles. The number of amides is 1. The van der Waals surface area contributed by atoms with E-state index in [1.807, 2.05) is 0 Å². The van der Waals surface area contributed by atoms with Crippen LogP contribution in [-0.4, -0.2) is 37.7 Å². The topological polar surface area (TPSA) is 153 Å². The van der Waals surface area contributed by atoms with Crippen LogP contribution in [-0.2, 0) is 4.79 Å². The molecule has 0 aliphatic rings. The van der Waals surface area contributed by atoms with E-state index in [1.165, 1.54) is 36.5 Å². The second kappa shape index (κ2) is 9.47. The highest BCUT2D eigenvalue weighted by atomic mass is 32.2. The molecule has 0 saturated carbocycles. The smallest absolute Gasteiger partial charge is 0.271 e. The molecule has 0 unspecified atom stereocenters. The second-order valence-electron chi connectivity index (χ2n) is 5.74. The number of hydrogen-bond donors (Lipinski definition) is 3. The largest absolute Gasteiger partial charge is 0.334 e. The summed E-state index contributed by atoms with van der Waals surface area (Å²) in [6.07, 6.45) is 1.45. The minimum atomic E-state index is -0.547. The Hall–Kier alpha value is -4.00. The number of benzene rings is 2. The zero-order valence-corrected chi connectivity index (χ0v) is 16.0. The van der Waals surface area contributed by atoms with Gasteiger partial charge >= 0.3 is 0 Å². The summed E-state index contributed by atoms with van der Waals surface area (Å²) in [6, 6.07) is 11.3. The van der Waals surface area contributed by atoms with Crippen molar-refractivity contribution in [1.29, 1.82) is 0 Å². The number of anilines is 2. The molecule has 1 heterocycles. The molecule has 0 fully saturated rings. The third-order valence-electron chi connectivity index (χ3n) is 3.59. The second-order valence-corrected chi connectivity index (χ2v) is 6.68. The van der Waals surface area contributed by atoms with Gasteiger partial charge in [-0.05, 0) is 23.8 Å². The van der Waals surface area contributed by atoms with E-state index in [0.717, 1.165) is 16.4 Å². The van der Waals surface area contributed by atoms with Crippen molar-refractivity contribution in [3.8, 4) is 0 Å². The first kappa shape index (κ1) is 20.7. The fourth-order valence-corrected chi connectivity index (χ4v) is 2.85. The number of nitro groups is 1. The van der Waals surface area contributed by atoms with Crippen LogP contribution in [0.5, 0.6) is 0 Å². The lowest BCUT2D eigenvalue weighted by Crippen LogP contribution is -2.17. The number of nitrogens with two attached hydrogens (primary N) is 1. The van der Waals surface area contributed by atoms with Crippen LogP contribution in [0.25, 0.3) is 0 Å². The fraction of sp³-hybridized carbons (Fsp3) is 0.0588. The number of thioether (sulfide) groups is 1. The van der Waals surface area contributed by atoms with Gasteiger partial charge in [0, 0.05) is 17.8 Å². The normalized spacial score (nSPS) is 10.8. The summed E-state index contributed by atoms with van der Waals surface area (Å²) >= 11 is 1.02. The van der Waals surface area contributed by atoms with Crippen LogP contribution in [0.2, 0.25) is 0 Å². The zero-order chi connectivity index (χ0) is 21.5. The van der Waals surface area contributed by atoms with Gasteiger partial charge in [0.1, 0.15) is 5.82 Å². The predicted octanol–water partition coefficient (Wildman–Crippen LogP) is 2.22. The SMILES string of the molecule is Nn1c(N/N=C/c2ccc(F)cc2)nnc1SCC(=O)Nc1cccc([N+](=O)[O-])c1. The summed E-state index contributed by atoms with van der Waals surface area (Å²) < 4.78 is 14.0. The molecule has 11 nitrogen and oxygen atoms in total. The quantitative estimate of drug-likeness (QED) is 0.162. The molecule has 0 aliphatic carbocycles. The number of nitrogen functional groups attached to an aromatic ring is 1. The summed E-state index contributed by atoms with van der Waals surface area (Å²) in [5.74, 6) is 5.22. The van der Waals surface area contributed by atoms with Gasteiger partial charge in [0.25, 0.3) is 11.6 Å². The molecule has 4 N–H and O–H groups in total. The fourth-order valence-electron chi connectivity index (χ4n) is 2.19. The van der Waals surface area contributed by atoms with E-state index < -0.39 is 10.8 Å². The summed E-state index contributed by atoms with van der Waals surface area (Å²) in [5, 5.41) is 25.2. The number of halogens is 1. The highest BCUT2D eigenvalue weighted by Gasteiger charge is 2.13. The first-order chi connectivity index (χ1) is 14.4. The number of aromatic nitrogens is 3. The van der Waals surface area contributed by atoms with Gasteiger partial charge in [-0.1, -0.05) is 30.0 Å². The van der Waals surface area contributed by atoms with Crippen molar-refractivity contribution >= 4 is 41.2 Å². The van der Waals surface area contributed by atoms with Gasteiger partial charge in [-0.25, -0.2) is 14.5 Å². The molecular formula is C17H15FN8O3S. The van der Waals surface area contributed by atoms with Gasteiger partial charge in [-0.15, -0.1) is 10.2 Å². The molecule has 0 atom stereocenters. The molecule has 0 saturated heterocycles. The van der Waals surface area contributed by atoms with Gasteiger partial charge in [-0.3, -0.25) is 14.9 Å². The maximum Gasteiger partial charge on any atom is 0.271 e. The van der Waals surface area contributed by atoms with Gasteiger partial charge in [-0.2, -0.15) is 5.10 Å². The van der Waals surface area contributed by atoms with Crippen LogP contribution in [0.3, 0.4) is 0 Å². The molecule has 30 heavy (non-hydrogen) atoms. The van der Waals surface area contributed by atoms with Crippen molar-refractivity contribution < 1.29 is 14.1 Å². The van der Waals surface area contributed by atoms with E-state index in [-0.39, 0.29) is 28.4 Å². The van der Waals surface area contributed by atoms with Crippen LogP contribution in [0, 0.1) is 15.9 Å². The number of rotatable bonds is 8. The summed E-state index contributed by atoms with van der Waals surface area (Å²) in [7, 11) is 0. The van der Waals surface area contributed by atoms with Crippen molar-refractivity contribution in [2.45, 2.75) is 5.16 Å². The van der Waals surface area contributed by atoms with E-state index >= 15 is 0 Å². The number of hydrazone groups is 1. The Morgan fingerprint density at radius 3 is 2.80 bits per heavy atom. The number of non-ortho nitro benzene ring substituents is 1. The average Bonchev–Trinajstić information content (AvgIpc) is 3.08. The number of nitrogens with one attached hydrogen (secondary N) is 2. The van der Waals surface area contributed by atoms with Crippen LogP contribution in [0.4, 0.5) is 21.7 Å². The Morgan fingerprint density at radius 2 is 2.07 bits per heavy atom. The van der Waals surface area contributed by atoms with E-state index in [2.05, 4.69) is 26.0 Å². The average molecular weight is 430 g/mol. The Labute approximate surface area is 173 Å². The van der Waals surface area contributed by atoms with E-state index in [4.69, 9.17) is 5.84 Å². The van der Waals surface area contributed by atoms with Gasteiger partial charge < -0.3 is 11.2 Å². The van der Waals surface area contributed by atoms with Crippen molar-refractivity contribution in [1.82, 2.24) is 14.9 Å². The molecule has 1 amide bonds. The van der Waals surface area contributed by atoms with Crippen molar-refractivity contribution in [3.05, 3.63) is 70.0 Å². The van der Waals surface area contributed by atoms with Crippen LogP contribution in [0.15, 0.2) is 58.8 Å². The molecule has 3 aromatic rings. The lowest BCUT2D eigenvalue weighted by atomic mass is 10.2. The Morgan fingerprint density at radius 1 is 1.30 bits per heavy atom. The standard InChI is InChI=1S/C17H15FN8O3S/c18-12-6-4-11(5-7-12)9-20-22-16-23-24-17(25(16)19)30-10-15(27)21-13-2-1-3-14(8-13)26(28)29/h1-9H,10,19H2,(H,21,27)(H,22,23)/b20-9+.